The summed E-state index contributed by atoms with van der Waals surface area (Å²) in [4.78, 5) is 9.01. The summed E-state index contributed by atoms with van der Waals surface area (Å²) >= 11 is 0. The Hall–Kier alpha value is -3.42. The average Bonchev–Trinajstić information content (AvgIpc) is 3.22. The lowest BCUT2D eigenvalue weighted by atomic mass is 10.2. The first kappa shape index (κ1) is 16.1. The first-order valence-electron chi connectivity index (χ1n) is 8.09. The Labute approximate surface area is 149 Å². The van der Waals surface area contributed by atoms with Gasteiger partial charge in [-0.1, -0.05) is 12.1 Å². The highest BCUT2D eigenvalue weighted by molar-refractivity contribution is 5.83. The molecule has 0 aliphatic heterocycles. The second-order valence-electron chi connectivity index (χ2n) is 5.72. The molecule has 2 aromatic carbocycles. The molecular weight excluding hydrogens is 334 g/mol. The molecule has 0 unspecified atom stereocenters. The van der Waals surface area contributed by atoms with E-state index in [1.54, 1.807) is 21.3 Å². The first-order chi connectivity index (χ1) is 12.7. The lowest BCUT2D eigenvalue weighted by Crippen LogP contribution is -2.01. The number of aromatic nitrogens is 4. The smallest absolute Gasteiger partial charge is 0.253 e. The van der Waals surface area contributed by atoms with Crippen LogP contribution in [-0.2, 0) is 6.54 Å². The van der Waals surface area contributed by atoms with Gasteiger partial charge in [0.05, 0.1) is 32.4 Å². The third kappa shape index (κ3) is 2.75. The molecule has 0 bridgehead atoms. The van der Waals surface area contributed by atoms with E-state index >= 15 is 0 Å². The maximum absolute atomic E-state index is 5.37. The number of fused-ring (bicyclic) bond motifs is 3. The van der Waals surface area contributed by atoms with Crippen molar-refractivity contribution in [3.05, 3.63) is 42.0 Å². The van der Waals surface area contributed by atoms with Gasteiger partial charge in [-0.25, -0.2) is 9.50 Å². The van der Waals surface area contributed by atoms with Crippen LogP contribution in [0.25, 0.3) is 16.8 Å². The molecule has 0 saturated carbocycles. The van der Waals surface area contributed by atoms with E-state index in [4.69, 9.17) is 14.2 Å². The van der Waals surface area contributed by atoms with Crippen LogP contribution >= 0.6 is 0 Å². The second kappa shape index (κ2) is 6.47. The molecule has 4 aromatic rings. The molecule has 2 N–H and O–H groups in total. The highest BCUT2D eigenvalue weighted by atomic mass is 16.5. The number of nitrogens with one attached hydrogen (secondary N) is 2. The number of nitrogens with zero attached hydrogens (tertiary/aromatic N) is 3. The maximum Gasteiger partial charge on any atom is 0.253 e. The summed E-state index contributed by atoms with van der Waals surface area (Å²) in [5.74, 6) is 3.33. The molecule has 0 atom stereocenters. The van der Waals surface area contributed by atoms with Crippen LogP contribution in [0.2, 0.25) is 0 Å². The van der Waals surface area contributed by atoms with Crippen molar-refractivity contribution in [2.45, 2.75) is 6.54 Å². The number of methoxy groups -OCH3 is 3. The van der Waals surface area contributed by atoms with Crippen molar-refractivity contribution < 1.29 is 14.2 Å². The number of rotatable bonds is 6. The summed E-state index contributed by atoms with van der Waals surface area (Å²) in [5.41, 5.74) is 2.77. The molecule has 0 fully saturated rings. The topological polar surface area (TPSA) is 85.7 Å². The number of imidazole rings is 1. The molecule has 0 amide bonds. The van der Waals surface area contributed by atoms with Gasteiger partial charge < -0.3 is 19.5 Å². The number of anilines is 1. The summed E-state index contributed by atoms with van der Waals surface area (Å²) in [5, 5.41) is 6.48. The van der Waals surface area contributed by atoms with Crippen LogP contribution in [0, 0.1) is 0 Å². The van der Waals surface area contributed by atoms with E-state index in [0.29, 0.717) is 29.8 Å². The van der Waals surface area contributed by atoms with Crippen LogP contribution in [0.5, 0.6) is 17.2 Å². The van der Waals surface area contributed by atoms with Crippen molar-refractivity contribution in [2.75, 3.05) is 26.6 Å². The van der Waals surface area contributed by atoms with Gasteiger partial charge >= 0.3 is 0 Å². The molecule has 0 aliphatic rings. The van der Waals surface area contributed by atoms with E-state index < -0.39 is 0 Å². The number of H-pyrrole nitrogens is 1. The van der Waals surface area contributed by atoms with Gasteiger partial charge in [0.1, 0.15) is 5.75 Å². The van der Waals surface area contributed by atoms with Crippen molar-refractivity contribution in [3.63, 3.8) is 0 Å². The van der Waals surface area contributed by atoms with Crippen LogP contribution in [0.15, 0.2) is 36.4 Å². The zero-order chi connectivity index (χ0) is 18.1. The van der Waals surface area contributed by atoms with Gasteiger partial charge in [-0.3, -0.25) is 5.10 Å². The fourth-order valence-corrected chi connectivity index (χ4v) is 2.82. The molecule has 0 aliphatic carbocycles. The van der Waals surface area contributed by atoms with Crippen LogP contribution in [-0.4, -0.2) is 40.9 Å². The molecule has 0 radical (unpaired) electrons. The summed E-state index contributed by atoms with van der Waals surface area (Å²) in [6.45, 7) is 0.635. The minimum atomic E-state index is 0.576. The first-order valence-corrected chi connectivity index (χ1v) is 8.09. The quantitative estimate of drug-likeness (QED) is 0.554. The lowest BCUT2D eigenvalue weighted by molar-refractivity contribution is 0.355. The fraction of sp³-hybridized carbons (Fsp3) is 0.222. The van der Waals surface area contributed by atoms with Gasteiger partial charge in [0.25, 0.3) is 5.78 Å². The van der Waals surface area contributed by atoms with E-state index in [2.05, 4.69) is 20.4 Å². The van der Waals surface area contributed by atoms with Crippen molar-refractivity contribution in [1.82, 2.24) is 19.6 Å². The number of hydrogen-bond donors (Lipinski definition) is 2. The van der Waals surface area contributed by atoms with Gasteiger partial charge in [0, 0.05) is 18.7 Å². The zero-order valence-electron chi connectivity index (χ0n) is 14.7. The number of ether oxygens (including phenoxy) is 3. The van der Waals surface area contributed by atoms with Gasteiger partial charge in [0.2, 0.25) is 5.95 Å². The standard InChI is InChI=1S/C18H19N5O3/c1-24-12-6-4-11(5-7-12)10-19-17-21-18-20-13-8-15(25-2)16(26-3)9-14(13)23(18)22-17/h4-9H,10H2,1-3H3,(H2,19,20,21,22). The highest BCUT2D eigenvalue weighted by Gasteiger charge is 2.14. The predicted octanol–water partition coefficient (Wildman–Crippen LogP) is 2.85. The van der Waals surface area contributed by atoms with E-state index in [1.165, 1.54) is 0 Å². The summed E-state index contributed by atoms with van der Waals surface area (Å²) in [6.07, 6.45) is 0. The van der Waals surface area contributed by atoms with Crippen molar-refractivity contribution in [3.8, 4) is 17.2 Å². The van der Waals surface area contributed by atoms with Crippen LogP contribution < -0.4 is 19.5 Å². The molecule has 0 saturated heterocycles. The van der Waals surface area contributed by atoms with E-state index in [9.17, 15) is 0 Å². The van der Waals surface area contributed by atoms with Crippen LogP contribution in [0.4, 0.5) is 5.95 Å². The SMILES string of the molecule is COc1ccc(CNc2nc3nc4cc(OC)c(OC)cc4n3[nH]2)cc1. The van der Waals surface area contributed by atoms with E-state index in [0.717, 1.165) is 22.3 Å². The molecule has 4 rings (SSSR count). The summed E-state index contributed by atoms with van der Waals surface area (Å²) in [7, 11) is 4.86. The predicted molar refractivity (Wildman–Crippen MR) is 98.3 cm³/mol. The minimum Gasteiger partial charge on any atom is -0.497 e. The average molecular weight is 353 g/mol. The monoisotopic (exact) mass is 353 g/mol. The molecule has 0 spiro atoms. The Morgan fingerprint density at radius 3 is 2.38 bits per heavy atom. The molecule has 2 aromatic heterocycles. The van der Waals surface area contributed by atoms with Crippen molar-refractivity contribution in [2.24, 2.45) is 0 Å². The van der Waals surface area contributed by atoms with Gasteiger partial charge in [-0.2, -0.15) is 4.98 Å². The second-order valence-corrected chi connectivity index (χ2v) is 5.72. The van der Waals surface area contributed by atoms with Crippen LogP contribution in [0.3, 0.4) is 0 Å². The van der Waals surface area contributed by atoms with Gasteiger partial charge in [-0.05, 0) is 17.7 Å². The zero-order valence-corrected chi connectivity index (χ0v) is 14.7. The molecule has 134 valence electrons. The molecule has 8 nitrogen and oxygen atoms in total. The summed E-state index contributed by atoms with van der Waals surface area (Å²) < 4.78 is 17.7. The highest BCUT2D eigenvalue weighted by Crippen LogP contribution is 2.32. The lowest BCUT2D eigenvalue weighted by Gasteiger charge is -2.07. The molecule has 8 heteroatoms. The Morgan fingerprint density at radius 1 is 0.962 bits per heavy atom. The maximum atomic E-state index is 5.37. The summed E-state index contributed by atoms with van der Waals surface area (Å²) in [6, 6.07) is 11.6. The minimum absolute atomic E-state index is 0.576. The van der Waals surface area contributed by atoms with Gasteiger partial charge in [0.15, 0.2) is 11.5 Å². The Bertz CT molecular complexity index is 1050. The molecule has 26 heavy (non-hydrogen) atoms. The fourth-order valence-electron chi connectivity index (χ4n) is 2.82. The van der Waals surface area contributed by atoms with Crippen molar-refractivity contribution in [1.29, 1.82) is 0 Å². The number of benzene rings is 2. The van der Waals surface area contributed by atoms with Gasteiger partial charge in [-0.15, -0.1) is 0 Å². The van der Waals surface area contributed by atoms with Crippen molar-refractivity contribution >= 4 is 22.8 Å². The Kier molecular flexibility index (Phi) is 4.00. The molecular formula is C18H19N5O3. The Morgan fingerprint density at radius 2 is 1.69 bits per heavy atom. The largest absolute Gasteiger partial charge is 0.497 e. The van der Waals surface area contributed by atoms with Crippen LogP contribution in [0.1, 0.15) is 5.56 Å². The number of hydrogen-bond acceptors (Lipinski definition) is 6. The van der Waals surface area contributed by atoms with E-state index in [1.807, 2.05) is 40.9 Å². The van der Waals surface area contributed by atoms with E-state index in [-0.39, 0.29) is 0 Å². The Balaban J connectivity index is 1.60. The number of aromatic amines is 1. The normalized spacial score (nSPS) is 11.0. The third-order valence-electron chi connectivity index (χ3n) is 4.19. The third-order valence-corrected chi connectivity index (χ3v) is 4.19. The molecule has 2 heterocycles.